The predicted molar refractivity (Wildman–Crippen MR) is 100 cm³/mol. The third-order valence-electron chi connectivity index (χ3n) is 3.89. The molecule has 0 aliphatic heterocycles. The Morgan fingerprint density at radius 2 is 1.69 bits per heavy atom. The van der Waals surface area contributed by atoms with Crippen LogP contribution in [0.2, 0.25) is 5.02 Å². The van der Waals surface area contributed by atoms with Crippen molar-refractivity contribution in [1.29, 1.82) is 0 Å². The molecule has 2 aromatic rings. The largest absolute Gasteiger partial charge is 0.497 e. The van der Waals surface area contributed by atoms with E-state index >= 15 is 0 Å². The fourth-order valence-corrected chi connectivity index (χ4v) is 2.81. The molecule has 1 N–H and O–H groups in total. The molecule has 0 heterocycles. The molecule has 0 aromatic heterocycles. The molecule has 1 amide bonds. The van der Waals surface area contributed by atoms with Gasteiger partial charge in [0.15, 0.2) is 11.5 Å². The first-order valence-corrected chi connectivity index (χ1v) is 8.33. The summed E-state index contributed by atoms with van der Waals surface area (Å²) in [6.45, 7) is 0.419. The summed E-state index contributed by atoms with van der Waals surface area (Å²) < 4.78 is 21.0. The van der Waals surface area contributed by atoms with Gasteiger partial charge in [-0.15, -0.1) is 0 Å². The lowest BCUT2D eigenvalue weighted by Crippen LogP contribution is -2.26. The zero-order chi connectivity index (χ0) is 19.1. The number of methoxy groups -OCH3 is 4. The zero-order valence-electron chi connectivity index (χ0n) is 15.2. The van der Waals surface area contributed by atoms with E-state index in [4.69, 9.17) is 30.5 Å². The normalized spacial score (nSPS) is 10.2. The van der Waals surface area contributed by atoms with Gasteiger partial charge >= 0.3 is 0 Å². The van der Waals surface area contributed by atoms with Crippen LogP contribution in [-0.2, 0) is 6.42 Å². The second kappa shape index (κ2) is 9.20. The monoisotopic (exact) mass is 379 g/mol. The van der Waals surface area contributed by atoms with Crippen molar-refractivity contribution >= 4 is 17.5 Å². The summed E-state index contributed by atoms with van der Waals surface area (Å²) >= 11 is 6.22. The summed E-state index contributed by atoms with van der Waals surface area (Å²) in [5, 5.41) is 3.46. The molecular formula is C19H22ClNO5. The van der Waals surface area contributed by atoms with E-state index < -0.39 is 0 Å². The Hall–Kier alpha value is -2.60. The number of amides is 1. The van der Waals surface area contributed by atoms with Crippen molar-refractivity contribution in [2.75, 3.05) is 35.0 Å². The average molecular weight is 380 g/mol. The number of carbonyl (C=O) groups excluding carboxylic acids is 1. The van der Waals surface area contributed by atoms with Gasteiger partial charge in [-0.25, -0.2) is 0 Å². The van der Waals surface area contributed by atoms with E-state index in [0.29, 0.717) is 46.5 Å². The standard InChI is InChI=1S/C19H22ClNO5/c1-23-13-6-5-12(15(20)11-13)9-10-21-19(22)14-7-8-16(24-2)18(26-4)17(14)25-3/h5-8,11H,9-10H2,1-4H3,(H,21,22). The fourth-order valence-electron chi connectivity index (χ4n) is 2.54. The van der Waals surface area contributed by atoms with Crippen LogP contribution in [0.4, 0.5) is 0 Å². The van der Waals surface area contributed by atoms with Crippen LogP contribution in [0.5, 0.6) is 23.0 Å². The highest BCUT2D eigenvalue weighted by molar-refractivity contribution is 6.31. The summed E-state index contributed by atoms with van der Waals surface area (Å²) in [5.74, 6) is 1.61. The van der Waals surface area contributed by atoms with Gasteiger partial charge < -0.3 is 24.3 Å². The number of carbonyl (C=O) groups is 1. The SMILES string of the molecule is COc1ccc(CCNC(=O)c2ccc(OC)c(OC)c2OC)c(Cl)c1. The first-order chi connectivity index (χ1) is 12.5. The first kappa shape index (κ1) is 19.7. The second-order valence-electron chi connectivity index (χ2n) is 5.35. The maximum Gasteiger partial charge on any atom is 0.255 e. The van der Waals surface area contributed by atoms with Crippen molar-refractivity contribution in [1.82, 2.24) is 5.32 Å². The Morgan fingerprint density at radius 1 is 0.962 bits per heavy atom. The van der Waals surface area contributed by atoms with E-state index in [9.17, 15) is 4.79 Å². The van der Waals surface area contributed by atoms with Crippen molar-refractivity contribution in [3.05, 3.63) is 46.5 Å². The highest BCUT2D eigenvalue weighted by Crippen LogP contribution is 2.39. The molecule has 0 saturated carbocycles. The fraction of sp³-hybridized carbons (Fsp3) is 0.316. The van der Waals surface area contributed by atoms with Crippen molar-refractivity contribution in [2.45, 2.75) is 6.42 Å². The number of hydrogen-bond acceptors (Lipinski definition) is 5. The minimum Gasteiger partial charge on any atom is -0.497 e. The molecule has 0 aliphatic carbocycles. The Kier molecular flexibility index (Phi) is 6.97. The Bertz CT molecular complexity index is 779. The van der Waals surface area contributed by atoms with Crippen molar-refractivity contribution in [3.63, 3.8) is 0 Å². The van der Waals surface area contributed by atoms with Crippen LogP contribution in [0, 0.1) is 0 Å². The summed E-state index contributed by atoms with van der Waals surface area (Å²) in [5.41, 5.74) is 1.29. The number of ether oxygens (including phenoxy) is 4. The minimum absolute atomic E-state index is 0.271. The Labute approximate surface area is 158 Å². The number of hydrogen-bond donors (Lipinski definition) is 1. The van der Waals surface area contributed by atoms with Crippen molar-refractivity contribution in [2.24, 2.45) is 0 Å². The topological polar surface area (TPSA) is 66.0 Å². The number of rotatable bonds is 8. The van der Waals surface area contributed by atoms with Crippen molar-refractivity contribution in [3.8, 4) is 23.0 Å². The van der Waals surface area contributed by atoms with Gasteiger partial charge in [-0.3, -0.25) is 4.79 Å². The molecule has 0 aliphatic rings. The van der Waals surface area contributed by atoms with Crippen molar-refractivity contribution < 1.29 is 23.7 Å². The maximum atomic E-state index is 12.5. The highest BCUT2D eigenvalue weighted by Gasteiger charge is 2.20. The van der Waals surface area contributed by atoms with E-state index in [1.54, 1.807) is 25.3 Å². The van der Waals surface area contributed by atoms with E-state index in [1.165, 1.54) is 21.3 Å². The zero-order valence-corrected chi connectivity index (χ0v) is 16.0. The third-order valence-corrected chi connectivity index (χ3v) is 4.24. The molecule has 7 heteroatoms. The second-order valence-corrected chi connectivity index (χ2v) is 5.75. The molecule has 6 nitrogen and oxygen atoms in total. The molecule has 0 radical (unpaired) electrons. The van der Waals surface area contributed by atoms with Gasteiger partial charge in [0.05, 0.1) is 34.0 Å². The molecule has 2 rings (SSSR count). The Morgan fingerprint density at radius 3 is 2.27 bits per heavy atom. The van der Waals surface area contributed by atoms with Crippen LogP contribution in [0.3, 0.4) is 0 Å². The highest BCUT2D eigenvalue weighted by atomic mass is 35.5. The number of halogens is 1. The minimum atomic E-state index is -0.271. The molecule has 140 valence electrons. The first-order valence-electron chi connectivity index (χ1n) is 7.95. The van der Waals surface area contributed by atoms with Gasteiger partial charge in [0.1, 0.15) is 5.75 Å². The van der Waals surface area contributed by atoms with Gasteiger partial charge in [-0.2, -0.15) is 0 Å². The summed E-state index contributed by atoms with van der Waals surface area (Å²) in [6, 6.07) is 8.76. The summed E-state index contributed by atoms with van der Waals surface area (Å²) in [7, 11) is 6.08. The van der Waals surface area contributed by atoms with Crippen LogP contribution in [0.25, 0.3) is 0 Å². The Balaban J connectivity index is 2.08. The van der Waals surface area contributed by atoms with E-state index in [-0.39, 0.29) is 5.91 Å². The maximum absolute atomic E-state index is 12.5. The smallest absolute Gasteiger partial charge is 0.255 e. The van der Waals surface area contributed by atoms with E-state index in [1.807, 2.05) is 12.1 Å². The van der Waals surface area contributed by atoms with Gasteiger partial charge in [0.2, 0.25) is 5.75 Å². The van der Waals surface area contributed by atoms with Crippen LogP contribution in [0.1, 0.15) is 15.9 Å². The van der Waals surface area contributed by atoms with E-state index in [0.717, 1.165) is 5.56 Å². The van der Waals surface area contributed by atoms with Crippen LogP contribution in [0.15, 0.2) is 30.3 Å². The lowest BCUT2D eigenvalue weighted by molar-refractivity contribution is 0.0950. The predicted octanol–water partition coefficient (Wildman–Crippen LogP) is 3.35. The van der Waals surface area contributed by atoms with Crippen LogP contribution < -0.4 is 24.3 Å². The molecule has 2 aromatic carbocycles. The van der Waals surface area contributed by atoms with Crippen LogP contribution in [-0.4, -0.2) is 40.9 Å². The van der Waals surface area contributed by atoms with Gasteiger partial charge in [-0.1, -0.05) is 17.7 Å². The van der Waals surface area contributed by atoms with Gasteiger partial charge in [-0.05, 0) is 36.2 Å². The quantitative estimate of drug-likeness (QED) is 0.762. The molecule has 0 unspecified atom stereocenters. The van der Waals surface area contributed by atoms with E-state index in [2.05, 4.69) is 5.32 Å². The molecule has 0 spiro atoms. The van der Waals surface area contributed by atoms with Gasteiger partial charge in [0.25, 0.3) is 5.91 Å². The molecular weight excluding hydrogens is 358 g/mol. The lowest BCUT2D eigenvalue weighted by atomic mass is 10.1. The molecule has 0 bridgehead atoms. The van der Waals surface area contributed by atoms with Gasteiger partial charge in [0, 0.05) is 11.6 Å². The number of benzene rings is 2. The summed E-state index contributed by atoms with van der Waals surface area (Å²) in [6.07, 6.45) is 0.587. The molecule has 0 saturated heterocycles. The molecule has 26 heavy (non-hydrogen) atoms. The average Bonchev–Trinajstić information content (AvgIpc) is 2.67. The third kappa shape index (κ3) is 4.32. The van der Waals surface area contributed by atoms with Crippen LogP contribution >= 0.6 is 11.6 Å². The lowest BCUT2D eigenvalue weighted by Gasteiger charge is -2.15. The molecule has 0 fully saturated rings. The summed E-state index contributed by atoms with van der Waals surface area (Å²) in [4.78, 5) is 12.5. The number of nitrogens with one attached hydrogen (secondary N) is 1. The molecule has 0 atom stereocenters.